The Morgan fingerprint density at radius 1 is 1.17 bits per heavy atom. The van der Waals surface area contributed by atoms with Crippen molar-refractivity contribution in [2.45, 2.75) is 26.3 Å². The number of hydrogen-bond donors (Lipinski definition) is 1. The summed E-state index contributed by atoms with van der Waals surface area (Å²) in [7, 11) is 0. The van der Waals surface area contributed by atoms with Crippen LogP contribution in [0.1, 0.15) is 44.8 Å². The molecule has 2 amide bonds. The van der Waals surface area contributed by atoms with Gasteiger partial charge in [0.15, 0.2) is 0 Å². The Bertz CT molecular complexity index is 752. The van der Waals surface area contributed by atoms with Crippen molar-refractivity contribution in [1.29, 1.82) is 0 Å². The van der Waals surface area contributed by atoms with E-state index >= 15 is 0 Å². The number of pyridine rings is 1. The van der Waals surface area contributed by atoms with E-state index in [1.54, 1.807) is 17.0 Å². The fourth-order valence-electron chi connectivity index (χ4n) is 2.88. The van der Waals surface area contributed by atoms with Gasteiger partial charge in [-0.2, -0.15) is 0 Å². The van der Waals surface area contributed by atoms with Crippen LogP contribution in [0.5, 0.6) is 0 Å². The third-order valence-electron chi connectivity index (χ3n) is 4.17. The second-order valence-electron chi connectivity index (χ2n) is 6.10. The molecule has 24 heavy (non-hydrogen) atoms. The lowest BCUT2D eigenvalue weighted by Crippen LogP contribution is -2.29. The van der Waals surface area contributed by atoms with Crippen LogP contribution in [0, 0.1) is 6.92 Å². The van der Waals surface area contributed by atoms with Crippen molar-refractivity contribution < 1.29 is 9.59 Å². The first-order chi connectivity index (χ1) is 11.6. The van der Waals surface area contributed by atoms with E-state index in [9.17, 15) is 9.59 Å². The fourth-order valence-corrected chi connectivity index (χ4v) is 2.88. The molecule has 2 aromatic rings. The van der Waals surface area contributed by atoms with Gasteiger partial charge in [0.25, 0.3) is 11.8 Å². The van der Waals surface area contributed by atoms with E-state index in [0.29, 0.717) is 17.8 Å². The molecular formula is C19H21N3O2. The lowest BCUT2D eigenvalue weighted by Gasteiger charge is -2.14. The number of benzene rings is 1. The molecule has 0 radical (unpaired) electrons. The van der Waals surface area contributed by atoms with Gasteiger partial charge in [-0.15, -0.1) is 0 Å². The van der Waals surface area contributed by atoms with Crippen molar-refractivity contribution in [2.75, 3.05) is 13.1 Å². The average Bonchev–Trinajstić information content (AvgIpc) is 3.14. The quantitative estimate of drug-likeness (QED) is 0.940. The van der Waals surface area contributed by atoms with Crippen LogP contribution in [0.2, 0.25) is 0 Å². The minimum Gasteiger partial charge on any atom is -0.348 e. The first-order valence-corrected chi connectivity index (χ1v) is 8.22. The molecule has 0 spiro atoms. The molecule has 124 valence electrons. The van der Waals surface area contributed by atoms with Gasteiger partial charge in [0.2, 0.25) is 0 Å². The van der Waals surface area contributed by atoms with Crippen LogP contribution < -0.4 is 5.32 Å². The molecule has 2 heterocycles. The molecule has 3 rings (SSSR count). The fraction of sp³-hybridized carbons (Fsp3) is 0.316. The van der Waals surface area contributed by atoms with Crippen molar-refractivity contribution in [3.05, 3.63) is 65.0 Å². The Morgan fingerprint density at radius 3 is 2.71 bits per heavy atom. The Kier molecular flexibility index (Phi) is 4.89. The van der Waals surface area contributed by atoms with Gasteiger partial charge in [-0.3, -0.25) is 14.6 Å². The highest BCUT2D eigenvalue weighted by Gasteiger charge is 2.21. The first-order valence-electron chi connectivity index (χ1n) is 8.22. The first kappa shape index (κ1) is 16.2. The number of rotatable bonds is 4. The van der Waals surface area contributed by atoms with Crippen molar-refractivity contribution in [3.63, 3.8) is 0 Å². The number of aryl methyl sites for hydroxylation is 1. The Balaban J connectivity index is 1.66. The summed E-state index contributed by atoms with van der Waals surface area (Å²) in [6, 6.07) is 11.2. The Labute approximate surface area is 141 Å². The largest absolute Gasteiger partial charge is 0.348 e. The monoisotopic (exact) mass is 323 g/mol. The minimum atomic E-state index is -0.200. The number of carbonyl (C=O) groups excluding carboxylic acids is 2. The van der Waals surface area contributed by atoms with Crippen LogP contribution in [0.4, 0.5) is 0 Å². The molecule has 0 unspecified atom stereocenters. The van der Waals surface area contributed by atoms with E-state index in [2.05, 4.69) is 10.3 Å². The van der Waals surface area contributed by atoms with Gasteiger partial charge in [-0.25, -0.2) is 0 Å². The lowest BCUT2D eigenvalue weighted by atomic mass is 10.1. The van der Waals surface area contributed by atoms with Crippen LogP contribution in [-0.4, -0.2) is 34.8 Å². The third kappa shape index (κ3) is 3.79. The van der Waals surface area contributed by atoms with E-state index in [0.717, 1.165) is 37.1 Å². The van der Waals surface area contributed by atoms with E-state index < -0.39 is 0 Å². The zero-order valence-corrected chi connectivity index (χ0v) is 13.8. The van der Waals surface area contributed by atoms with E-state index in [4.69, 9.17) is 0 Å². The second-order valence-corrected chi connectivity index (χ2v) is 6.10. The molecule has 1 aliphatic heterocycles. The SMILES string of the molecule is Cc1cccc(CNC(=O)c2ccnc(C(=O)N3CCCC3)c2)c1. The summed E-state index contributed by atoms with van der Waals surface area (Å²) in [4.78, 5) is 30.6. The lowest BCUT2D eigenvalue weighted by molar-refractivity contribution is 0.0787. The van der Waals surface area contributed by atoms with E-state index in [1.807, 2.05) is 31.2 Å². The van der Waals surface area contributed by atoms with Gasteiger partial charge in [0.1, 0.15) is 5.69 Å². The van der Waals surface area contributed by atoms with Crippen molar-refractivity contribution >= 4 is 11.8 Å². The number of aromatic nitrogens is 1. The van der Waals surface area contributed by atoms with Crippen LogP contribution in [-0.2, 0) is 6.54 Å². The number of carbonyl (C=O) groups is 2. The van der Waals surface area contributed by atoms with Crippen LogP contribution in [0.25, 0.3) is 0 Å². The molecule has 1 fully saturated rings. The smallest absolute Gasteiger partial charge is 0.272 e. The maximum Gasteiger partial charge on any atom is 0.272 e. The van der Waals surface area contributed by atoms with Gasteiger partial charge in [0, 0.05) is 31.4 Å². The second kappa shape index (κ2) is 7.25. The van der Waals surface area contributed by atoms with Gasteiger partial charge in [-0.05, 0) is 37.5 Å². The Hall–Kier alpha value is -2.69. The van der Waals surface area contributed by atoms with Gasteiger partial charge >= 0.3 is 0 Å². The molecule has 0 bridgehead atoms. The molecule has 5 heteroatoms. The molecule has 1 aromatic heterocycles. The molecule has 1 aromatic carbocycles. The summed E-state index contributed by atoms with van der Waals surface area (Å²) < 4.78 is 0. The number of hydrogen-bond acceptors (Lipinski definition) is 3. The number of likely N-dealkylation sites (tertiary alicyclic amines) is 1. The maximum absolute atomic E-state index is 12.4. The predicted molar refractivity (Wildman–Crippen MR) is 91.7 cm³/mol. The van der Waals surface area contributed by atoms with Gasteiger partial charge in [-0.1, -0.05) is 29.8 Å². The highest BCUT2D eigenvalue weighted by Crippen LogP contribution is 2.12. The van der Waals surface area contributed by atoms with Crippen molar-refractivity contribution in [1.82, 2.24) is 15.2 Å². The van der Waals surface area contributed by atoms with Crippen LogP contribution >= 0.6 is 0 Å². The van der Waals surface area contributed by atoms with Crippen LogP contribution in [0.15, 0.2) is 42.6 Å². The number of nitrogens with zero attached hydrogens (tertiary/aromatic N) is 2. The topological polar surface area (TPSA) is 62.3 Å². The average molecular weight is 323 g/mol. The normalized spacial score (nSPS) is 13.8. The predicted octanol–water partition coefficient (Wildman–Crippen LogP) is 2.56. The molecule has 1 N–H and O–H groups in total. The van der Waals surface area contributed by atoms with E-state index in [-0.39, 0.29) is 11.8 Å². The zero-order valence-electron chi connectivity index (χ0n) is 13.8. The number of nitrogens with one attached hydrogen (secondary N) is 1. The van der Waals surface area contributed by atoms with E-state index in [1.165, 1.54) is 6.20 Å². The maximum atomic E-state index is 12.4. The van der Waals surface area contributed by atoms with Gasteiger partial charge < -0.3 is 10.2 Å². The van der Waals surface area contributed by atoms with Gasteiger partial charge in [0.05, 0.1) is 0 Å². The summed E-state index contributed by atoms with van der Waals surface area (Å²) in [5, 5.41) is 2.89. The molecule has 0 atom stereocenters. The Morgan fingerprint density at radius 2 is 1.96 bits per heavy atom. The molecule has 5 nitrogen and oxygen atoms in total. The standard InChI is InChI=1S/C19H21N3O2/c1-14-5-4-6-15(11-14)13-21-18(23)16-7-8-20-17(12-16)19(24)22-9-2-3-10-22/h4-8,11-12H,2-3,9-10,13H2,1H3,(H,21,23). The summed E-state index contributed by atoms with van der Waals surface area (Å²) in [6.07, 6.45) is 3.58. The van der Waals surface area contributed by atoms with Crippen molar-refractivity contribution in [3.8, 4) is 0 Å². The summed E-state index contributed by atoms with van der Waals surface area (Å²) in [5.74, 6) is -0.296. The summed E-state index contributed by atoms with van der Waals surface area (Å²) >= 11 is 0. The third-order valence-corrected chi connectivity index (χ3v) is 4.17. The molecular weight excluding hydrogens is 302 g/mol. The molecule has 1 aliphatic rings. The zero-order chi connectivity index (χ0) is 16.9. The highest BCUT2D eigenvalue weighted by molar-refractivity contribution is 5.98. The highest BCUT2D eigenvalue weighted by atomic mass is 16.2. The molecule has 1 saturated heterocycles. The minimum absolute atomic E-state index is 0.0964. The summed E-state index contributed by atoms with van der Waals surface area (Å²) in [6.45, 7) is 4.01. The number of amides is 2. The van der Waals surface area contributed by atoms with Crippen molar-refractivity contribution in [2.24, 2.45) is 0 Å². The summed E-state index contributed by atoms with van der Waals surface area (Å²) in [5.41, 5.74) is 3.00. The molecule has 0 saturated carbocycles. The van der Waals surface area contributed by atoms with Crippen LogP contribution in [0.3, 0.4) is 0 Å². The molecule has 0 aliphatic carbocycles.